The highest BCUT2D eigenvalue weighted by atomic mass is 32.2. The molecule has 6 heteroatoms. The summed E-state index contributed by atoms with van der Waals surface area (Å²) < 4.78 is 15.8. The Morgan fingerprint density at radius 1 is 1.56 bits per heavy atom. The molecule has 2 atom stereocenters. The second kappa shape index (κ2) is 6.75. The number of carbonyl (C=O) groups excluding carboxylic acids is 2. The highest BCUT2D eigenvalue weighted by Crippen LogP contribution is 2.07. The van der Waals surface area contributed by atoms with Gasteiger partial charge in [-0.2, -0.15) is 0 Å². The Morgan fingerprint density at radius 2 is 2.12 bits per heavy atom. The molecule has 16 heavy (non-hydrogen) atoms. The van der Waals surface area contributed by atoms with Crippen LogP contribution < -0.4 is 5.32 Å². The fraction of sp³-hybridized carbons (Fsp3) is 0.800. The smallest absolute Gasteiger partial charge is 0.408 e. The van der Waals surface area contributed by atoms with Crippen molar-refractivity contribution in [2.45, 2.75) is 38.8 Å². The van der Waals surface area contributed by atoms with Gasteiger partial charge in [-0.05, 0) is 20.8 Å². The predicted octanol–water partition coefficient (Wildman–Crippen LogP) is 0.758. The SMILES string of the molecule is C[S+]([O-])CC[C@@H]([C]=O)NC(=O)OC(C)(C)C. The fourth-order valence-electron chi connectivity index (χ4n) is 0.894. The molecule has 0 saturated carbocycles. The summed E-state index contributed by atoms with van der Waals surface area (Å²) in [5.74, 6) is 0.343. The van der Waals surface area contributed by atoms with Gasteiger partial charge in [0.15, 0.2) is 0 Å². The summed E-state index contributed by atoms with van der Waals surface area (Å²) in [4.78, 5) is 21.8. The van der Waals surface area contributed by atoms with Crippen LogP contribution in [0.5, 0.6) is 0 Å². The number of nitrogens with one attached hydrogen (secondary N) is 1. The summed E-state index contributed by atoms with van der Waals surface area (Å²) in [6.07, 6.45) is 2.85. The van der Waals surface area contributed by atoms with E-state index >= 15 is 0 Å². The third-order valence-corrected chi connectivity index (χ3v) is 2.34. The van der Waals surface area contributed by atoms with Gasteiger partial charge in [0, 0.05) is 6.42 Å². The van der Waals surface area contributed by atoms with Crippen LogP contribution in [0.25, 0.3) is 0 Å². The molecule has 0 spiro atoms. The Bertz CT molecular complexity index is 237. The van der Waals surface area contributed by atoms with Crippen LogP contribution in [0.2, 0.25) is 0 Å². The van der Waals surface area contributed by atoms with E-state index in [1.807, 2.05) is 0 Å². The number of ether oxygens (including phenoxy) is 1. The first-order chi connectivity index (χ1) is 7.24. The molecule has 0 aromatic heterocycles. The number of amides is 1. The molecule has 0 saturated heterocycles. The van der Waals surface area contributed by atoms with Crippen molar-refractivity contribution in [3.8, 4) is 0 Å². The molecule has 5 nitrogen and oxygen atoms in total. The summed E-state index contributed by atoms with van der Waals surface area (Å²) in [7, 11) is 0. The summed E-state index contributed by atoms with van der Waals surface area (Å²) in [6.45, 7) is 5.19. The van der Waals surface area contributed by atoms with Gasteiger partial charge in [0.05, 0.1) is 6.26 Å². The van der Waals surface area contributed by atoms with Crippen molar-refractivity contribution in [1.29, 1.82) is 0 Å². The lowest BCUT2D eigenvalue weighted by atomic mass is 10.2. The monoisotopic (exact) mass is 248 g/mol. The van der Waals surface area contributed by atoms with E-state index in [9.17, 15) is 14.1 Å². The Balaban J connectivity index is 4.02. The van der Waals surface area contributed by atoms with Crippen LogP contribution >= 0.6 is 0 Å². The van der Waals surface area contributed by atoms with E-state index in [4.69, 9.17) is 4.74 Å². The van der Waals surface area contributed by atoms with Crippen molar-refractivity contribution in [2.75, 3.05) is 12.0 Å². The number of hydrogen-bond acceptors (Lipinski definition) is 4. The Hall–Kier alpha value is -0.750. The average molecular weight is 248 g/mol. The zero-order valence-corrected chi connectivity index (χ0v) is 10.8. The van der Waals surface area contributed by atoms with Crippen molar-refractivity contribution >= 4 is 23.6 Å². The van der Waals surface area contributed by atoms with E-state index in [1.165, 1.54) is 6.26 Å². The van der Waals surface area contributed by atoms with Crippen molar-refractivity contribution in [3.63, 3.8) is 0 Å². The van der Waals surface area contributed by atoms with Crippen LogP contribution in [-0.2, 0) is 20.7 Å². The topological polar surface area (TPSA) is 78.5 Å². The number of hydrogen-bond donors (Lipinski definition) is 1. The molecule has 1 unspecified atom stereocenters. The zero-order valence-electron chi connectivity index (χ0n) is 10.0. The fourth-order valence-corrected chi connectivity index (χ4v) is 1.46. The molecule has 1 amide bonds. The van der Waals surface area contributed by atoms with E-state index in [2.05, 4.69) is 5.32 Å². The molecule has 0 aromatic carbocycles. The van der Waals surface area contributed by atoms with Gasteiger partial charge in [0.1, 0.15) is 17.4 Å². The van der Waals surface area contributed by atoms with Gasteiger partial charge in [0.2, 0.25) is 6.29 Å². The van der Waals surface area contributed by atoms with Crippen molar-refractivity contribution in [3.05, 3.63) is 0 Å². The standard InChI is InChI=1S/C10H18NO4S/c1-10(2,3)15-9(13)11-8(7-12)5-6-16(4)14/h8H,5-6H2,1-4H3,(H,11,13)/t8-,16?/m0/s1. The molecule has 1 radical (unpaired) electrons. The molecule has 0 aliphatic heterocycles. The summed E-state index contributed by atoms with van der Waals surface area (Å²) in [6, 6.07) is -0.765. The van der Waals surface area contributed by atoms with Crippen molar-refractivity contribution in [1.82, 2.24) is 5.32 Å². The lowest BCUT2D eigenvalue weighted by Gasteiger charge is -2.21. The van der Waals surface area contributed by atoms with E-state index in [0.717, 1.165) is 0 Å². The molecule has 93 valence electrons. The van der Waals surface area contributed by atoms with Crippen LogP contribution in [0.4, 0.5) is 4.79 Å². The molecule has 1 N–H and O–H groups in total. The van der Waals surface area contributed by atoms with Gasteiger partial charge in [-0.1, -0.05) is 11.2 Å². The molecule has 0 aromatic rings. The lowest BCUT2D eigenvalue weighted by molar-refractivity contribution is 0.0516. The molecule has 0 aliphatic rings. The molecule has 0 bridgehead atoms. The van der Waals surface area contributed by atoms with Crippen LogP contribution in [0.1, 0.15) is 27.2 Å². The highest BCUT2D eigenvalue weighted by Gasteiger charge is 2.20. The zero-order chi connectivity index (χ0) is 12.8. The van der Waals surface area contributed by atoms with E-state index < -0.39 is 28.9 Å². The summed E-state index contributed by atoms with van der Waals surface area (Å²) >= 11 is -0.993. The Labute approximate surface area is 99.1 Å². The second-order valence-corrected chi connectivity index (χ2v) is 5.94. The van der Waals surface area contributed by atoms with Gasteiger partial charge in [-0.3, -0.25) is 4.79 Å². The maximum absolute atomic E-state index is 11.3. The molecular formula is C10H18NO4S. The van der Waals surface area contributed by atoms with Crippen LogP contribution in [0, 0.1) is 0 Å². The Kier molecular flexibility index (Phi) is 6.43. The predicted molar refractivity (Wildman–Crippen MR) is 62.4 cm³/mol. The van der Waals surface area contributed by atoms with Gasteiger partial charge >= 0.3 is 6.09 Å². The normalized spacial score (nSPS) is 15.1. The van der Waals surface area contributed by atoms with E-state index in [0.29, 0.717) is 12.2 Å². The summed E-state index contributed by atoms with van der Waals surface area (Å²) in [5, 5.41) is 2.36. The first-order valence-corrected chi connectivity index (χ1v) is 6.64. The molecule has 0 aliphatic carbocycles. The summed E-state index contributed by atoms with van der Waals surface area (Å²) in [5.41, 5.74) is -0.606. The highest BCUT2D eigenvalue weighted by molar-refractivity contribution is 7.90. The van der Waals surface area contributed by atoms with Gasteiger partial charge < -0.3 is 14.6 Å². The molecule has 0 fully saturated rings. The quantitative estimate of drug-likeness (QED) is 0.728. The van der Waals surface area contributed by atoms with Crippen LogP contribution in [0.15, 0.2) is 0 Å². The minimum Gasteiger partial charge on any atom is -0.617 e. The number of alkyl carbamates (subject to hydrolysis) is 1. The first-order valence-electron chi connectivity index (χ1n) is 4.92. The number of rotatable bonds is 5. The molecule has 0 heterocycles. The van der Waals surface area contributed by atoms with Crippen LogP contribution in [0.3, 0.4) is 0 Å². The minimum atomic E-state index is -0.993. The Morgan fingerprint density at radius 3 is 2.50 bits per heavy atom. The van der Waals surface area contributed by atoms with Crippen molar-refractivity contribution in [2.24, 2.45) is 0 Å². The van der Waals surface area contributed by atoms with Crippen LogP contribution in [-0.4, -0.2) is 40.6 Å². The van der Waals surface area contributed by atoms with Gasteiger partial charge in [-0.25, -0.2) is 4.79 Å². The largest absolute Gasteiger partial charge is 0.617 e. The minimum absolute atomic E-state index is 0.297. The van der Waals surface area contributed by atoms with Gasteiger partial charge in [-0.15, -0.1) is 0 Å². The second-order valence-electron chi connectivity index (χ2n) is 4.38. The molecular weight excluding hydrogens is 230 g/mol. The lowest BCUT2D eigenvalue weighted by Crippen LogP contribution is -2.40. The average Bonchev–Trinajstić information content (AvgIpc) is 2.08. The third kappa shape index (κ3) is 8.55. The molecule has 0 rings (SSSR count). The number of carbonyl (C=O) groups is 1. The van der Waals surface area contributed by atoms with Gasteiger partial charge in [0.25, 0.3) is 0 Å². The van der Waals surface area contributed by atoms with E-state index in [-0.39, 0.29) is 0 Å². The maximum atomic E-state index is 11.3. The van der Waals surface area contributed by atoms with Crippen molar-refractivity contribution < 1.29 is 18.9 Å². The first kappa shape index (κ1) is 15.2. The maximum Gasteiger partial charge on any atom is 0.408 e. The third-order valence-electron chi connectivity index (χ3n) is 1.53. The van der Waals surface area contributed by atoms with E-state index in [1.54, 1.807) is 27.1 Å².